The molecule has 0 saturated heterocycles. The largest absolute Gasteiger partial charge is 0.314 e. The minimum absolute atomic E-state index is 0.824. The first kappa shape index (κ1) is 14.7. The molecule has 110 valence electrons. The molecule has 0 saturated carbocycles. The molecule has 0 spiro atoms. The lowest BCUT2D eigenvalue weighted by molar-refractivity contribution is 0.716. The van der Waals surface area contributed by atoms with E-state index in [4.69, 9.17) is 0 Å². The molecule has 3 rings (SSSR count). The number of thioether (sulfide) groups is 1. The number of benzene rings is 2. The van der Waals surface area contributed by atoms with Gasteiger partial charge in [-0.15, -0.1) is 6.58 Å². The molecule has 0 fully saturated rings. The van der Waals surface area contributed by atoms with Crippen molar-refractivity contribution in [3.63, 3.8) is 0 Å². The van der Waals surface area contributed by atoms with Gasteiger partial charge in [-0.2, -0.15) is 0 Å². The van der Waals surface area contributed by atoms with Gasteiger partial charge >= 0.3 is 0 Å². The van der Waals surface area contributed by atoms with Gasteiger partial charge in [0.2, 0.25) is 0 Å². The van der Waals surface area contributed by atoms with E-state index < -0.39 is 0 Å². The van der Waals surface area contributed by atoms with E-state index in [2.05, 4.69) is 64.7 Å². The van der Waals surface area contributed by atoms with E-state index in [-0.39, 0.29) is 0 Å². The van der Waals surface area contributed by atoms with Crippen molar-refractivity contribution >= 4 is 11.8 Å². The van der Waals surface area contributed by atoms with Gasteiger partial charge in [0.25, 0.3) is 0 Å². The Kier molecular flexibility index (Phi) is 4.76. The first-order valence-corrected chi connectivity index (χ1v) is 8.25. The van der Waals surface area contributed by atoms with Crippen LogP contribution in [0.4, 0.5) is 0 Å². The third kappa shape index (κ3) is 3.31. The van der Waals surface area contributed by atoms with E-state index >= 15 is 0 Å². The van der Waals surface area contributed by atoms with Gasteiger partial charge in [0, 0.05) is 5.75 Å². The Bertz CT molecular complexity index is 733. The van der Waals surface area contributed by atoms with Crippen LogP contribution in [-0.2, 0) is 6.54 Å². The molecule has 3 aromatic rings. The highest BCUT2D eigenvalue weighted by atomic mass is 32.2. The van der Waals surface area contributed by atoms with Gasteiger partial charge in [0.05, 0.1) is 18.4 Å². The maximum absolute atomic E-state index is 4.60. The highest BCUT2D eigenvalue weighted by molar-refractivity contribution is 7.99. The van der Waals surface area contributed by atoms with E-state index in [9.17, 15) is 0 Å². The molecule has 0 aliphatic carbocycles. The molecule has 1 aromatic heterocycles. The van der Waals surface area contributed by atoms with Crippen LogP contribution in [-0.4, -0.2) is 15.3 Å². The molecular formula is C19H18N2S. The smallest absolute Gasteiger partial charge is 0.169 e. The van der Waals surface area contributed by atoms with E-state index in [1.54, 1.807) is 11.8 Å². The molecule has 0 unspecified atom stereocenters. The normalized spacial score (nSPS) is 10.5. The average molecular weight is 306 g/mol. The maximum Gasteiger partial charge on any atom is 0.169 e. The molecule has 1 heterocycles. The summed E-state index contributed by atoms with van der Waals surface area (Å²) >= 11 is 1.72. The molecule has 0 aliphatic rings. The van der Waals surface area contributed by atoms with Crippen LogP contribution >= 0.6 is 11.8 Å². The number of imidazole rings is 1. The van der Waals surface area contributed by atoms with Crippen LogP contribution in [0.25, 0.3) is 11.3 Å². The van der Waals surface area contributed by atoms with Crippen molar-refractivity contribution in [1.82, 2.24) is 9.55 Å². The minimum atomic E-state index is 0.824. The lowest BCUT2D eigenvalue weighted by Crippen LogP contribution is -2.03. The summed E-state index contributed by atoms with van der Waals surface area (Å²) in [6.45, 7) is 4.62. The van der Waals surface area contributed by atoms with Crippen LogP contribution in [0.3, 0.4) is 0 Å². The van der Waals surface area contributed by atoms with Crippen LogP contribution in [0.1, 0.15) is 5.56 Å². The summed E-state index contributed by atoms with van der Waals surface area (Å²) in [4.78, 5) is 4.60. The summed E-state index contributed by atoms with van der Waals surface area (Å²) < 4.78 is 2.28. The zero-order valence-electron chi connectivity index (χ0n) is 12.4. The quantitative estimate of drug-likeness (QED) is 0.477. The van der Waals surface area contributed by atoms with Gasteiger partial charge in [-0.25, -0.2) is 4.98 Å². The van der Waals surface area contributed by atoms with Crippen molar-refractivity contribution < 1.29 is 0 Å². The van der Waals surface area contributed by atoms with Crippen LogP contribution in [0.2, 0.25) is 0 Å². The molecule has 0 bridgehead atoms. The monoisotopic (exact) mass is 306 g/mol. The molecule has 2 nitrogen and oxygen atoms in total. The van der Waals surface area contributed by atoms with Crippen LogP contribution < -0.4 is 0 Å². The van der Waals surface area contributed by atoms with Gasteiger partial charge in [-0.05, 0) is 11.1 Å². The predicted molar refractivity (Wildman–Crippen MR) is 94.1 cm³/mol. The van der Waals surface area contributed by atoms with Crippen molar-refractivity contribution in [1.29, 1.82) is 0 Å². The Hall–Kier alpha value is -2.26. The Morgan fingerprint density at radius 2 is 1.68 bits per heavy atom. The summed E-state index contributed by atoms with van der Waals surface area (Å²) in [7, 11) is 0. The van der Waals surface area contributed by atoms with Crippen molar-refractivity contribution in [2.75, 3.05) is 5.75 Å². The van der Waals surface area contributed by atoms with Crippen LogP contribution in [0.15, 0.2) is 84.7 Å². The number of nitrogens with zero attached hydrogens (tertiary/aromatic N) is 2. The number of hydrogen-bond donors (Lipinski definition) is 0. The van der Waals surface area contributed by atoms with Crippen LogP contribution in [0.5, 0.6) is 0 Å². The first-order chi connectivity index (χ1) is 10.9. The summed E-state index contributed by atoms with van der Waals surface area (Å²) in [6, 6.07) is 20.9. The lowest BCUT2D eigenvalue weighted by Gasteiger charge is -2.12. The third-order valence-electron chi connectivity index (χ3n) is 3.40. The van der Waals surface area contributed by atoms with Crippen molar-refractivity contribution in [3.8, 4) is 11.3 Å². The Morgan fingerprint density at radius 3 is 2.36 bits per heavy atom. The molecule has 2 aromatic carbocycles. The molecule has 0 amide bonds. The van der Waals surface area contributed by atoms with Gasteiger partial charge in [-0.3, -0.25) is 0 Å². The zero-order valence-corrected chi connectivity index (χ0v) is 13.2. The predicted octanol–water partition coefficient (Wildman–Crippen LogP) is 4.88. The minimum Gasteiger partial charge on any atom is -0.314 e. The molecule has 0 radical (unpaired) electrons. The van der Waals surface area contributed by atoms with Gasteiger partial charge in [0.1, 0.15) is 0 Å². The standard InChI is InChI=1S/C19H18N2S/c1-2-13-22-19-20-14-18(17-11-7-4-8-12-17)21(19)15-16-9-5-3-6-10-16/h2-12,14H,1,13,15H2. The summed E-state index contributed by atoms with van der Waals surface area (Å²) in [5, 5.41) is 1.03. The highest BCUT2D eigenvalue weighted by Crippen LogP contribution is 2.27. The van der Waals surface area contributed by atoms with Gasteiger partial charge in [0.15, 0.2) is 5.16 Å². The van der Waals surface area contributed by atoms with E-state index in [0.717, 1.165) is 23.1 Å². The average Bonchev–Trinajstić information content (AvgIpc) is 2.97. The van der Waals surface area contributed by atoms with E-state index in [0.29, 0.717) is 0 Å². The van der Waals surface area contributed by atoms with E-state index in [1.807, 2.05) is 24.4 Å². The fourth-order valence-corrected chi connectivity index (χ4v) is 3.08. The Morgan fingerprint density at radius 1 is 1.00 bits per heavy atom. The number of hydrogen-bond acceptors (Lipinski definition) is 2. The third-order valence-corrected chi connectivity index (χ3v) is 4.39. The highest BCUT2D eigenvalue weighted by Gasteiger charge is 2.12. The molecule has 3 heteroatoms. The number of rotatable bonds is 6. The first-order valence-electron chi connectivity index (χ1n) is 7.27. The SMILES string of the molecule is C=CCSc1ncc(-c2ccccc2)n1Cc1ccccc1. The maximum atomic E-state index is 4.60. The molecule has 22 heavy (non-hydrogen) atoms. The number of aromatic nitrogens is 2. The Balaban J connectivity index is 1.99. The zero-order chi connectivity index (χ0) is 15.2. The van der Waals surface area contributed by atoms with Crippen molar-refractivity contribution in [3.05, 3.63) is 85.1 Å². The topological polar surface area (TPSA) is 17.8 Å². The fraction of sp³-hybridized carbons (Fsp3) is 0.105. The summed E-state index contributed by atoms with van der Waals surface area (Å²) in [5.41, 5.74) is 3.62. The summed E-state index contributed by atoms with van der Waals surface area (Å²) in [6.07, 6.45) is 3.87. The fourth-order valence-electron chi connectivity index (χ4n) is 2.37. The molecule has 0 atom stereocenters. The van der Waals surface area contributed by atoms with E-state index in [1.165, 1.54) is 11.1 Å². The summed E-state index contributed by atoms with van der Waals surface area (Å²) in [5.74, 6) is 0.861. The molecular weight excluding hydrogens is 288 g/mol. The lowest BCUT2D eigenvalue weighted by atomic mass is 10.1. The second-order valence-electron chi connectivity index (χ2n) is 4.96. The van der Waals surface area contributed by atoms with Gasteiger partial charge < -0.3 is 4.57 Å². The second kappa shape index (κ2) is 7.14. The van der Waals surface area contributed by atoms with Crippen molar-refractivity contribution in [2.45, 2.75) is 11.7 Å². The van der Waals surface area contributed by atoms with Crippen molar-refractivity contribution in [2.24, 2.45) is 0 Å². The van der Waals surface area contributed by atoms with Crippen LogP contribution in [0, 0.1) is 0 Å². The van der Waals surface area contributed by atoms with Gasteiger partial charge in [-0.1, -0.05) is 78.5 Å². The second-order valence-corrected chi connectivity index (χ2v) is 5.95. The molecule has 0 N–H and O–H groups in total. The molecule has 0 aliphatic heterocycles. The Labute approximate surface area is 135 Å².